The number of pyridine rings is 1. The molecule has 2 aliphatic heterocycles. The fourth-order valence-corrected chi connectivity index (χ4v) is 4.38. The summed E-state index contributed by atoms with van der Waals surface area (Å²) in [7, 11) is 0. The van der Waals surface area contributed by atoms with Gasteiger partial charge in [0.2, 0.25) is 5.91 Å². The largest absolute Gasteiger partial charge is 0.490 e. The lowest BCUT2D eigenvalue weighted by Crippen LogP contribution is -2.43. The second kappa shape index (κ2) is 8.83. The summed E-state index contributed by atoms with van der Waals surface area (Å²) in [6.45, 7) is -0.00904. The third-order valence-electron chi connectivity index (χ3n) is 6.12. The number of halogens is 2. The molecule has 8 nitrogen and oxygen atoms in total. The van der Waals surface area contributed by atoms with Crippen molar-refractivity contribution in [1.29, 1.82) is 5.26 Å². The van der Waals surface area contributed by atoms with Gasteiger partial charge < -0.3 is 20.3 Å². The molecule has 0 saturated carbocycles. The summed E-state index contributed by atoms with van der Waals surface area (Å²) in [5.74, 6) is -3.64. The van der Waals surface area contributed by atoms with E-state index in [2.05, 4.69) is 15.6 Å². The number of carbonyl (C=O) groups is 2. The Morgan fingerprint density at radius 1 is 1.23 bits per heavy atom. The lowest BCUT2D eigenvalue weighted by atomic mass is 10.00. The molecular weight excluding hydrogens is 456 g/mol. The average Bonchev–Trinajstić information content (AvgIpc) is 3.20. The molecule has 2 N–H and O–H groups in total. The number of nitrogens with one attached hydrogen (secondary N) is 2. The Kier molecular flexibility index (Phi) is 5.68. The van der Waals surface area contributed by atoms with Gasteiger partial charge in [-0.05, 0) is 41.5 Å². The highest BCUT2D eigenvalue weighted by Gasteiger charge is 2.47. The van der Waals surface area contributed by atoms with Gasteiger partial charge in [-0.2, -0.15) is 5.26 Å². The van der Waals surface area contributed by atoms with Crippen molar-refractivity contribution in [3.8, 4) is 22.9 Å². The van der Waals surface area contributed by atoms with Crippen LogP contribution >= 0.6 is 0 Å². The zero-order chi connectivity index (χ0) is 24.6. The third-order valence-corrected chi connectivity index (χ3v) is 6.12. The molecule has 1 aromatic heterocycles. The van der Waals surface area contributed by atoms with Crippen LogP contribution in [0.1, 0.15) is 16.8 Å². The number of alkyl halides is 2. The van der Waals surface area contributed by atoms with Gasteiger partial charge in [0.25, 0.3) is 11.8 Å². The van der Waals surface area contributed by atoms with Crippen molar-refractivity contribution in [2.75, 3.05) is 31.6 Å². The highest BCUT2D eigenvalue weighted by Crippen LogP contribution is 2.34. The van der Waals surface area contributed by atoms with E-state index in [-0.39, 0.29) is 0 Å². The highest BCUT2D eigenvalue weighted by molar-refractivity contribution is 6.07. The maximum Gasteiger partial charge on any atom is 0.268 e. The number of rotatable bonds is 4. The summed E-state index contributed by atoms with van der Waals surface area (Å²) in [5.41, 5.74) is 3.55. The Labute approximate surface area is 199 Å². The summed E-state index contributed by atoms with van der Waals surface area (Å²) in [6.07, 6.45) is 0.786. The standard InChI is InChI=1S/C25H21F2N5O3/c26-25(27)11-17(12-28)32(14-25)23(33)13-31-24(34)18-5-6-29-20-3-1-15(9-19(18)20)16-2-4-21-22(10-16)35-8-7-30-21/h1-6,9-10,17,30H,7-8,11,13-14H2,(H,31,34)/t17-/m0/s1. The minimum atomic E-state index is -3.12. The number of aromatic nitrogens is 1. The molecule has 5 rings (SSSR count). The van der Waals surface area contributed by atoms with E-state index < -0.39 is 43.3 Å². The number of carbonyl (C=O) groups excluding carboxylic acids is 2. The van der Waals surface area contributed by atoms with Crippen LogP contribution in [0, 0.1) is 11.3 Å². The number of hydrogen-bond acceptors (Lipinski definition) is 6. The van der Waals surface area contributed by atoms with Gasteiger partial charge in [-0.25, -0.2) is 8.78 Å². The first-order valence-corrected chi connectivity index (χ1v) is 11.1. The Morgan fingerprint density at radius 2 is 2.03 bits per heavy atom. The van der Waals surface area contributed by atoms with Gasteiger partial charge in [0, 0.05) is 24.5 Å². The van der Waals surface area contributed by atoms with Gasteiger partial charge in [-0.15, -0.1) is 0 Å². The van der Waals surface area contributed by atoms with Gasteiger partial charge in [0.05, 0.1) is 35.9 Å². The molecule has 178 valence electrons. The maximum absolute atomic E-state index is 13.7. The molecule has 10 heteroatoms. The second-order valence-electron chi connectivity index (χ2n) is 8.49. The van der Waals surface area contributed by atoms with E-state index in [0.29, 0.717) is 23.1 Å². The average molecular weight is 477 g/mol. The molecule has 1 fully saturated rings. The Morgan fingerprint density at radius 3 is 2.86 bits per heavy atom. The Balaban J connectivity index is 1.37. The van der Waals surface area contributed by atoms with Crippen LogP contribution in [-0.2, 0) is 4.79 Å². The Hall–Kier alpha value is -4.26. The fraction of sp³-hybridized carbons (Fsp3) is 0.280. The van der Waals surface area contributed by atoms with Gasteiger partial charge >= 0.3 is 0 Å². The van der Waals surface area contributed by atoms with Crippen molar-refractivity contribution in [3.05, 3.63) is 54.2 Å². The molecule has 0 bridgehead atoms. The number of ether oxygens (including phenoxy) is 1. The van der Waals surface area contributed by atoms with Crippen LogP contribution in [0.25, 0.3) is 22.0 Å². The smallest absolute Gasteiger partial charge is 0.268 e. The molecular formula is C25H21F2N5O3. The van der Waals surface area contributed by atoms with Crippen LogP contribution in [0.3, 0.4) is 0 Å². The van der Waals surface area contributed by atoms with Crippen molar-refractivity contribution in [2.45, 2.75) is 18.4 Å². The summed E-state index contributed by atoms with van der Waals surface area (Å²) in [6, 6.07) is 13.4. The van der Waals surface area contributed by atoms with Crippen LogP contribution in [0.15, 0.2) is 48.7 Å². The topological polar surface area (TPSA) is 107 Å². The monoisotopic (exact) mass is 477 g/mol. The number of benzene rings is 2. The third kappa shape index (κ3) is 4.45. The second-order valence-corrected chi connectivity index (χ2v) is 8.49. The van der Waals surface area contributed by atoms with Crippen LogP contribution in [0.4, 0.5) is 14.5 Å². The number of nitriles is 1. The van der Waals surface area contributed by atoms with Gasteiger partial charge in [0.1, 0.15) is 18.4 Å². The van der Waals surface area contributed by atoms with E-state index >= 15 is 0 Å². The van der Waals surface area contributed by atoms with E-state index in [0.717, 1.165) is 34.0 Å². The zero-order valence-corrected chi connectivity index (χ0v) is 18.6. The maximum atomic E-state index is 13.7. The van der Waals surface area contributed by atoms with Crippen molar-refractivity contribution in [2.24, 2.45) is 0 Å². The first kappa shape index (κ1) is 22.5. The number of amides is 2. The molecule has 3 heterocycles. The van der Waals surface area contributed by atoms with E-state index in [1.165, 1.54) is 12.3 Å². The predicted octanol–water partition coefficient (Wildman–Crippen LogP) is 3.20. The molecule has 0 radical (unpaired) electrons. The van der Waals surface area contributed by atoms with Gasteiger partial charge in [-0.3, -0.25) is 14.6 Å². The number of likely N-dealkylation sites (tertiary alicyclic amines) is 1. The number of anilines is 1. The molecule has 0 spiro atoms. The molecule has 2 aliphatic rings. The normalized spacial score (nSPS) is 18.2. The number of nitrogens with zero attached hydrogens (tertiary/aromatic N) is 3. The van der Waals surface area contributed by atoms with Crippen molar-refractivity contribution in [3.63, 3.8) is 0 Å². The van der Waals surface area contributed by atoms with E-state index in [1.54, 1.807) is 12.1 Å². The van der Waals surface area contributed by atoms with Gasteiger partial charge in [0.15, 0.2) is 0 Å². The summed E-state index contributed by atoms with van der Waals surface area (Å²) < 4.78 is 33.0. The SMILES string of the molecule is N#C[C@@H]1CC(F)(F)CN1C(=O)CNC(=O)c1ccnc2ccc(-c3ccc4c(c3)OCCN4)cc12. The van der Waals surface area contributed by atoms with Crippen LogP contribution in [-0.4, -0.2) is 59.9 Å². The van der Waals surface area contributed by atoms with Crippen LogP contribution in [0.5, 0.6) is 5.75 Å². The first-order valence-electron chi connectivity index (χ1n) is 11.1. The van der Waals surface area contributed by atoms with Crippen molar-refractivity contribution >= 4 is 28.4 Å². The van der Waals surface area contributed by atoms with Crippen molar-refractivity contribution in [1.82, 2.24) is 15.2 Å². The van der Waals surface area contributed by atoms with E-state index in [4.69, 9.17) is 10.00 Å². The van der Waals surface area contributed by atoms with Crippen LogP contribution < -0.4 is 15.4 Å². The minimum absolute atomic E-state index is 0.295. The first-order chi connectivity index (χ1) is 16.8. The molecule has 2 aromatic carbocycles. The molecule has 1 saturated heterocycles. The quantitative estimate of drug-likeness (QED) is 0.598. The van der Waals surface area contributed by atoms with E-state index in [1.807, 2.05) is 30.3 Å². The number of fused-ring (bicyclic) bond motifs is 2. The zero-order valence-electron chi connectivity index (χ0n) is 18.6. The molecule has 0 aliphatic carbocycles. The molecule has 35 heavy (non-hydrogen) atoms. The Bertz CT molecular complexity index is 1370. The summed E-state index contributed by atoms with van der Waals surface area (Å²) in [4.78, 5) is 30.5. The molecule has 1 atom stereocenters. The summed E-state index contributed by atoms with van der Waals surface area (Å²) in [5, 5.41) is 15.4. The lowest BCUT2D eigenvalue weighted by Gasteiger charge is -2.20. The van der Waals surface area contributed by atoms with E-state index in [9.17, 15) is 18.4 Å². The number of hydrogen-bond donors (Lipinski definition) is 2. The summed E-state index contributed by atoms with van der Waals surface area (Å²) >= 11 is 0. The fourth-order valence-electron chi connectivity index (χ4n) is 4.38. The van der Waals surface area contributed by atoms with Crippen LogP contribution in [0.2, 0.25) is 0 Å². The molecule has 0 unspecified atom stereocenters. The molecule has 2 amide bonds. The predicted molar refractivity (Wildman–Crippen MR) is 124 cm³/mol. The minimum Gasteiger partial charge on any atom is -0.490 e. The van der Waals surface area contributed by atoms with Gasteiger partial charge in [-0.1, -0.05) is 12.1 Å². The van der Waals surface area contributed by atoms with Crippen molar-refractivity contribution < 1.29 is 23.1 Å². The lowest BCUT2D eigenvalue weighted by molar-refractivity contribution is -0.131. The highest BCUT2D eigenvalue weighted by atomic mass is 19.3. The molecule has 3 aromatic rings.